The van der Waals surface area contributed by atoms with Crippen molar-refractivity contribution >= 4 is 11.9 Å². The largest absolute Gasteiger partial charge is 0.308 e. The molecule has 0 aromatic heterocycles. The molecule has 14 heavy (non-hydrogen) atoms. The molecule has 0 aliphatic carbocycles. The zero-order valence-electron chi connectivity index (χ0n) is 9.52. The molecule has 2 nitrogen and oxygen atoms in total. The second-order valence-electron chi connectivity index (χ2n) is 2.36. The normalized spacial score (nSPS) is 11.1. The maximum atomic E-state index is 7.56. The van der Waals surface area contributed by atoms with Crippen molar-refractivity contribution in [2.24, 2.45) is 0 Å². The summed E-state index contributed by atoms with van der Waals surface area (Å²) in [5.74, 6) is 0. The molecule has 0 bridgehead atoms. The van der Waals surface area contributed by atoms with Crippen molar-refractivity contribution in [1.29, 1.82) is 10.8 Å². The molecule has 0 atom stereocenters. The minimum absolute atomic E-state index is 0.397. The van der Waals surface area contributed by atoms with Gasteiger partial charge in [0.2, 0.25) is 0 Å². The van der Waals surface area contributed by atoms with Gasteiger partial charge in [-0.25, -0.2) is 0 Å². The van der Waals surface area contributed by atoms with Crippen molar-refractivity contribution < 1.29 is 0 Å². The molecule has 0 saturated carbocycles. The first kappa shape index (κ1) is 15.1. The maximum absolute atomic E-state index is 7.56. The fourth-order valence-electron chi connectivity index (χ4n) is 0.818. The number of rotatable bonds is 4. The zero-order chi connectivity index (χ0) is 11.6. The summed E-state index contributed by atoms with van der Waals surface area (Å²) in [5.41, 5.74) is 1.87. The van der Waals surface area contributed by atoms with E-state index in [2.05, 4.69) is 6.58 Å². The highest BCUT2D eigenvalue weighted by atomic mass is 14.4. The third kappa shape index (κ3) is 5.25. The first-order valence-electron chi connectivity index (χ1n) is 4.72. The molecule has 0 unspecified atom stereocenters. The summed E-state index contributed by atoms with van der Waals surface area (Å²) in [6, 6.07) is 0. The Kier molecular flexibility index (Phi) is 10.4. The fraction of sp³-hybridized carbons (Fsp3) is 0.333. The van der Waals surface area contributed by atoms with Crippen LogP contribution in [-0.2, 0) is 0 Å². The molecule has 0 aliphatic rings. The zero-order valence-corrected chi connectivity index (χ0v) is 9.52. The summed E-state index contributed by atoms with van der Waals surface area (Å²) in [6.07, 6.45) is 6.31. The lowest BCUT2D eigenvalue weighted by Gasteiger charge is -2.01. The van der Waals surface area contributed by atoms with Crippen molar-refractivity contribution in [3.8, 4) is 0 Å². The third-order valence-electron chi connectivity index (χ3n) is 1.47. The number of hydrogen-bond donors (Lipinski definition) is 2. The van der Waals surface area contributed by atoms with Gasteiger partial charge in [-0.3, -0.25) is 0 Å². The van der Waals surface area contributed by atoms with E-state index in [0.29, 0.717) is 11.3 Å². The van der Waals surface area contributed by atoms with Gasteiger partial charge < -0.3 is 10.8 Å². The Labute approximate surface area is 87.1 Å². The standard InChI is InChI=1S/C10H14N2.C2H6/c1-4-6-10(12)9(5-2)8(3)7-11;1-2/h4-7,11-12H,2H2,1,3H3;1-2H3/b6-4-,9-8-,11-7?,12-10?;. The van der Waals surface area contributed by atoms with Crippen molar-refractivity contribution in [3.63, 3.8) is 0 Å². The summed E-state index contributed by atoms with van der Waals surface area (Å²) in [6.45, 7) is 11.2. The van der Waals surface area contributed by atoms with Crippen LogP contribution in [0.25, 0.3) is 0 Å². The van der Waals surface area contributed by atoms with Gasteiger partial charge in [-0.1, -0.05) is 32.6 Å². The van der Waals surface area contributed by atoms with Crippen LogP contribution in [0.1, 0.15) is 27.7 Å². The molecule has 0 saturated heterocycles. The minimum Gasteiger partial charge on any atom is -0.308 e. The molecule has 0 heterocycles. The summed E-state index contributed by atoms with van der Waals surface area (Å²) < 4.78 is 0. The van der Waals surface area contributed by atoms with Crippen LogP contribution in [0, 0.1) is 10.8 Å². The first-order chi connectivity index (χ1) is 6.67. The average molecular weight is 192 g/mol. The average Bonchev–Trinajstić information content (AvgIpc) is 2.22. The minimum atomic E-state index is 0.397. The lowest BCUT2D eigenvalue weighted by molar-refractivity contribution is 1.44. The Morgan fingerprint density at radius 2 is 1.79 bits per heavy atom. The molecule has 0 aromatic rings. The van der Waals surface area contributed by atoms with E-state index < -0.39 is 0 Å². The Bertz CT molecular complexity index is 257. The molecule has 2 heteroatoms. The summed E-state index contributed by atoms with van der Waals surface area (Å²) in [4.78, 5) is 0. The third-order valence-corrected chi connectivity index (χ3v) is 1.47. The van der Waals surface area contributed by atoms with Crippen LogP contribution < -0.4 is 0 Å². The summed E-state index contributed by atoms with van der Waals surface area (Å²) >= 11 is 0. The molecule has 0 fully saturated rings. The van der Waals surface area contributed by atoms with Crippen LogP contribution in [0.5, 0.6) is 0 Å². The molecule has 0 aliphatic heterocycles. The smallest absolute Gasteiger partial charge is 0.0611 e. The predicted octanol–water partition coefficient (Wildman–Crippen LogP) is 3.76. The van der Waals surface area contributed by atoms with Gasteiger partial charge in [0.1, 0.15) is 0 Å². The lowest BCUT2D eigenvalue weighted by atomic mass is 10.1. The highest BCUT2D eigenvalue weighted by Crippen LogP contribution is 2.05. The van der Waals surface area contributed by atoms with E-state index in [1.807, 2.05) is 20.8 Å². The van der Waals surface area contributed by atoms with Crippen LogP contribution in [0.3, 0.4) is 0 Å². The number of allylic oxidation sites excluding steroid dienone is 5. The quantitative estimate of drug-likeness (QED) is 0.503. The Balaban J connectivity index is 0. The van der Waals surface area contributed by atoms with E-state index >= 15 is 0 Å². The van der Waals surface area contributed by atoms with Gasteiger partial charge in [-0.15, -0.1) is 0 Å². The summed E-state index contributed by atoms with van der Waals surface area (Å²) in [5, 5.41) is 14.6. The van der Waals surface area contributed by atoms with Crippen LogP contribution >= 0.6 is 0 Å². The van der Waals surface area contributed by atoms with E-state index in [1.165, 1.54) is 6.21 Å². The van der Waals surface area contributed by atoms with Crippen LogP contribution in [0.2, 0.25) is 0 Å². The van der Waals surface area contributed by atoms with E-state index in [0.717, 1.165) is 5.57 Å². The topological polar surface area (TPSA) is 47.7 Å². The highest BCUT2D eigenvalue weighted by Gasteiger charge is 1.99. The van der Waals surface area contributed by atoms with Gasteiger partial charge in [0, 0.05) is 11.8 Å². The second-order valence-corrected chi connectivity index (χ2v) is 2.36. The van der Waals surface area contributed by atoms with Crippen LogP contribution in [0.15, 0.2) is 36.0 Å². The van der Waals surface area contributed by atoms with Gasteiger partial charge in [-0.05, 0) is 25.5 Å². The first-order valence-corrected chi connectivity index (χ1v) is 4.72. The molecular weight excluding hydrogens is 172 g/mol. The van der Waals surface area contributed by atoms with Gasteiger partial charge in [0.15, 0.2) is 0 Å². The number of hydrogen-bond acceptors (Lipinski definition) is 2. The van der Waals surface area contributed by atoms with Crippen LogP contribution in [-0.4, -0.2) is 11.9 Å². The maximum Gasteiger partial charge on any atom is 0.0611 e. The van der Waals surface area contributed by atoms with E-state index in [1.54, 1.807) is 25.2 Å². The molecular formula is C12H20N2. The van der Waals surface area contributed by atoms with E-state index in [-0.39, 0.29) is 0 Å². The monoisotopic (exact) mass is 192 g/mol. The van der Waals surface area contributed by atoms with Crippen molar-refractivity contribution in [3.05, 3.63) is 36.0 Å². The Hall–Kier alpha value is -1.44. The molecule has 0 radical (unpaired) electrons. The van der Waals surface area contributed by atoms with Crippen molar-refractivity contribution in [2.45, 2.75) is 27.7 Å². The van der Waals surface area contributed by atoms with Gasteiger partial charge >= 0.3 is 0 Å². The van der Waals surface area contributed by atoms with Gasteiger partial charge in [-0.2, -0.15) is 0 Å². The van der Waals surface area contributed by atoms with E-state index in [4.69, 9.17) is 10.8 Å². The fourth-order valence-corrected chi connectivity index (χ4v) is 0.818. The molecule has 0 amide bonds. The van der Waals surface area contributed by atoms with Crippen LogP contribution in [0.4, 0.5) is 0 Å². The molecule has 2 N–H and O–H groups in total. The van der Waals surface area contributed by atoms with Crippen molar-refractivity contribution in [2.75, 3.05) is 0 Å². The number of nitrogens with one attached hydrogen (secondary N) is 2. The molecule has 78 valence electrons. The van der Waals surface area contributed by atoms with E-state index in [9.17, 15) is 0 Å². The predicted molar refractivity (Wildman–Crippen MR) is 65.6 cm³/mol. The molecule has 0 spiro atoms. The summed E-state index contributed by atoms with van der Waals surface area (Å²) in [7, 11) is 0. The van der Waals surface area contributed by atoms with Gasteiger partial charge in [0.25, 0.3) is 0 Å². The Morgan fingerprint density at radius 3 is 2.07 bits per heavy atom. The highest BCUT2D eigenvalue weighted by molar-refractivity contribution is 6.11. The Morgan fingerprint density at radius 1 is 1.29 bits per heavy atom. The lowest BCUT2D eigenvalue weighted by Crippen LogP contribution is -1.98. The van der Waals surface area contributed by atoms with Crippen molar-refractivity contribution in [1.82, 2.24) is 0 Å². The molecule has 0 rings (SSSR count). The second kappa shape index (κ2) is 9.65. The van der Waals surface area contributed by atoms with Gasteiger partial charge in [0.05, 0.1) is 5.71 Å². The molecule has 0 aromatic carbocycles. The SMILES string of the molecule is C=C/C(C(=N)/C=C\C)=C(\C)C=N.CC.